The first-order valence-corrected chi connectivity index (χ1v) is 10.2. The van der Waals surface area contributed by atoms with Gasteiger partial charge in [-0.1, -0.05) is 0 Å². The molecule has 1 aliphatic carbocycles. The lowest BCUT2D eigenvalue weighted by Gasteiger charge is -2.28. The number of carbonyl (C=O) groups is 1. The highest BCUT2D eigenvalue weighted by molar-refractivity contribution is 5.98. The van der Waals surface area contributed by atoms with Gasteiger partial charge in [0.05, 0.1) is 18.7 Å². The van der Waals surface area contributed by atoms with Crippen LogP contribution in [-0.2, 0) is 4.79 Å². The smallest absolute Gasteiger partial charge is 0.255 e. The summed E-state index contributed by atoms with van der Waals surface area (Å²) in [5.41, 5.74) is 0.0994. The van der Waals surface area contributed by atoms with Crippen molar-refractivity contribution in [2.45, 2.75) is 24.7 Å². The molecule has 2 aromatic rings. The summed E-state index contributed by atoms with van der Waals surface area (Å²) >= 11 is 0. The van der Waals surface area contributed by atoms with Crippen LogP contribution in [0.5, 0.6) is 5.88 Å². The van der Waals surface area contributed by atoms with Crippen LogP contribution in [0.2, 0.25) is 0 Å². The van der Waals surface area contributed by atoms with Gasteiger partial charge in [-0.05, 0) is 31.0 Å². The SMILES string of the molecule is COc1nc(N2CCNC(=N)N(C)C(=O)[C@@H](c3cc(F)ccc3F)C2)nc(C2CC2)c1F. The highest BCUT2D eigenvalue weighted by Crippen LogP contribution is 2.42. The van der Waals surface area contributed by atoms with E-state index in [9.17, 15) is 18.0 Å². The summed E-state index contributed by atoms with van der Waals surface area (Å²) < 4.78 is 48.3. The lowest BCUT2D eigenvalue weighted by Crippen LogP contribution is -2.44. The van der Waals surface area contributed by atoms with Crippen molar-refractivity contribution < 1.29 is 22.7 Å². The second-order valence-electron chi connectivity index (χ2n) is 7.84. The van der Waals surface area contributed by atoms with Crippen molar-refractivity contribution in [1.82, 2.24) is 20.2 Å². The number of ether oxygens (including phenoxy) is 1. The van der Waals surface area contributed by atoms with E-state index in [1.54, 1.807) is 4.90 Å². The van der Waals surface area contributed by atoms with Crippen molar-refractivity contribution in [3.8, 4) is 5.88 Å². The van der Waals surface area contributed by atoms with Crippen molar-refractivity contribution in [3.05, 3.63) is 46.9 Å². The molecule has 0 unspecified atom stereocenters. The Morgan fingerprint density at radius 3 is 2.66 bits per heavy atom. The summed E-state index contributed by atoms with van der Waals surface area (Å²) in [4.78, 5) is 24.4. The molecule has 1 atom stereocenters. The number of hydrogen-bond donors (Lipinski definition) is 2. The zero-order chi connectivity index (χ0) is 23.0. The van der Waals surface area contributed by atoms with Crippen molar-refractivity contribution in [2.75, 3.05) is 38.7 Å². The predicted octanol–water partition coefficient (Wildman–Crippen LogP) is 2.37. The molecule has 1 aromatic heterocycles. The van der Waals surface area contributed by atoms with Gasteiger partial charge in [-0.15, -0.1) is 0 Å². The Bertz CT molecular complexity index is 1060. The molecule has 1 aromatic carbocycles. The molecule has 0 radical (unpaired) electrons. The van der Waals surface area contributed by atoms with E-state index in [1.165, 1.54) is 14.2 Å². The number of hydrogen-bond acceptors (Lipinski definition) is 6. The fourth-order valence-corrected chi connectivity index (χ4v) is 3.69. The predicted molar refractivity (Wildman–Crippen MR) is 110 cm³/mol. The zero-order valence-corrected chi connectivity index (χ0v) is 17.7. The van der Waals surface area contributed by atoms with Gasteiger partial charge in [0.1, 0.15) is 11.6 Å². The van der Waals surface area contributed by atoms with Crippen LogP contribution in [0, 0.1) is 22.9 Å². The number of aromatic nitrogens is 2. The van der Waals surface area contributed by atoms with Crippen LogP contribution in [0.15, 0.2) is 18.2 Å². The van der Waals surface area contributed by atoms with Crippen LogP contribution < -0.4 is 15.0 Å². The summed E-state index contributed by atoms with van der Waals surface area (Å²) in [5.74, 6) is -4.09. The Morgan fingerprint density at radius 2 is 1.97 bits per heavy atom. The first-order chi connectivity index (χ1) is 15.3. The van der Waals surface area contributed by atoms with E-state index in [-0.39, 0.29) is 54.6 Å². The third-order valence-corrected chi connectivity index (χ3v) is 5.65. The molecular weight excluding hydrogens is 425 g/mol. The van der Waals surface area contributed by atoms with Crippen LogP contribution in [0.3, 0.4) is 0 Å². The number of anilines is 1. The first kappa shape index (κ1) is 21.8. The minimum atomic E-state index is -1.15. The third kappa shape index (κ3) is 4.19. The number of methoxy groups -OCH3 is 1. The lowest BCUT2D eigenvalue weighted by molar-refractivity contribution is -0.128. The molecule has 11 heteroatoms. The van der Waals surface area contributed by atoms with Crippen LogP contribution in [-0.4, -0.2) is 60.5 Å². The molecular formula is C21H23F3N6O2. The van der Waals surface area contributed by atoms with Crippen molar-refractivity contribution in [3.63, 3.8) is 0 Å². The Labute approximate surface area is 182 Å². The number of halogens is 3. The topological polar surface area (TPSA) is 94.4 Å². The molecule has 2 aliphatic rings. The molecule has 2 heterocycles. The van der Waals surface area contributed by atoms with E-state index in [0.717, 1.165) is 35.9 Å². The average Bonchev–Trinajstić information content (AvgIpc) is 3.61. The maximum atomic E-state index is 14.7. The molecule has 1 aliphatic heterocycles. The number of benzene rings is 1. The van der Waals surface area contributed by atoms with E-state index in [4.69, 9.17) is 10.1 Å². The van der Waals surface area contributed by atoms with Crippen LogP contribution in [0.25, 0.3) is 0 Å². The molecule has 170 valence electrons. The van der Waals surface area contributed by atoms with E-state index >= 15 is 0 Å². The van der Waals surface area contributed by atoms with Gasteiger partial charge >= 0.3 is 0 Å². The van der Waals surface area contributed by atoms with Gasteiger partial charge in [-0.2, -0.15) is 9.37 Å². The van der Waals surface area contributed by atoms with Crippen molar-refractivity contribution in [1.29, 1.82) is 5.41 Å². The molecule has 4 rings (SSSR count). The fourth-order valence-electron chi connectivity index (χ4n) is 3.69. The summed E-state index contributed by atoms with van der Waals surface area (Å²) in [6.45, 7) is 0.379. The van der Waals surface area contributed by atoms with Gasteiger partial charge in [0.15, 0.2) is 5.96 Å². The monoisotopic (exact) mass is 448 g/mol. The Kier molecular flexibility index (Phi) is 5.90. The van der Waals surface area contributed by atoms with E-state index in [0.29, 0.717) is 0 Å². The normalized spacial score (nSPS) is 19.8. The van der Waals surface area contributed by atoms with Crippen LogP contribution >= 0.6 is 0 Å². The number of guanidine groups is 1. The Hall–Kier alpha value is -3.37. The minimum absolute atomic E-state index is 0.0290. The number of likely N-dealkylation sites (N-methyl/N-ethyl adjacent to an activating group) is 1. The van der Waals surface area contributed by atoms with Gasteiger partial charge in [-0.25, -0.2) is 13.8 Å². The quantitative estimate of drug-likeness (QED) is 0.746. The second-order valence-corrected chi connectivity index (χ2v) is 7.84. The molecule has 1 saturated carbocycles. The highest BCUT2D eigenvalue weighted by Gasteiger charge is 2.35. The third-order valence-electron chi connectivity index (χ3n) is 5.65. The van der Waals surface area contributed by atoms with Crippen LogP contribution in [0.1, 0.15) is 35.9 Å². The Balaban J connectivity index is 1.79. The summed E-state index contributed by atoms with van der Waals surface area (Å²) in [6, 6.07) is 2.90. The van der Waals surface area contributed by atoms with Crippen molar-refractivity contribution >= 4 is 17.8 Å². The molecule has 0 bridgehead atoms. The number of amides is 1. The van der Waals surface area contributed by atoms with Gasteiger partial charge in [0.25, 0.3) is 5.88 Å². The number of nitrogens with zero attached hydrogens (tertiary/aromatic N) is 4. The Morgan fingerprint density at radius 1 is 1.22 bits per heavy atom. The minimum Gasteiger partial charge on any atom is -0.479 e. The zero-order valence-electron chi connectivity index (χ0n) is 17.7. The highest BCUT2D eigenvalue weighted by atomic mass is 19.1. The standard InChI is InChI=1S/C21H23F3N6O2/c1-29-19(31)14(13-9-12(22)5-6-15(13)23)10-30(8-7-26-20(29)25)21-27-17(11-3-4-11)16(24)18(28-21)32-2/h5-6,9,11,14H,3-4,7-8,10H2,1-2H3,(H2,25,26)/t14-/m1/s1. The number of rotatable bonds is 4. The number of nitrogens with one attached hydrogen (secondary N) is 2. The lowest BCUT2D eigenvalue weighted by atomic mass is 9.96. The van der Waals surface area contributed by atoms with Crippen LogP contribution in [0.4, 0.5) is 19.1 Å². The molecule has 2 N–H and O–H groups in total. The summed E-state index contributed by atoms with van der Waals surface area (Å²) in [7, 11) is 2.69. The van der Waals surface area contributed by atoms with Crippen molar-refractivity contribution in [2.24, 2.45) is 0 Å². The van der Waals surface area contributed by atoms with Gasteiger partial charge < -0.3 is 15.0 Å². The van der Waals surface area contributed by atoms with Gasteiger partial charge in [-0.3, -0.25) is 15.1 Å². The first-order valence-electron chi connectivity index (χ1n) is 10.2. The number of carbonyl (C=O) groups excluding carboxylic acids is 1. The maximum absolute atomic E-state index is 14.7. The van der Waals surface area contributed by atoms with E-state index < -0.39 is 29.3 Å². The summed E-state index contributed by atoms with van der Waals surface area (Å²) in [6.07, 6.45) is 1.60. The maximum Gasteiger partial charge on any atom is 0.255 e. The summed E-state index contributed by atoms with van der Waals surface area (Å²) in [5, 5.41) is 10.9. The second kappa shape index (κ2) is 8.64. The fraction of sp³-hybridized carbons (Fsp3) is 0.429. The molecule has 8 nitrogen and oxygen atoms in total. The largest absolute Gasteiger partial charge is 0.479 e. The molecule has 0 spiro atoms. The van der Waals surface area contributed by atoms with E-state index in [1.807, 2.05) is 0 Å². The van der Waals surface area contributed by atoms with E-state index in [2.05, 4.69) is 15.3 Å². The molecule has 1 saturated heterocycles. The molecule has 32 heavy (non-hydrogen) atoms. The van der Waals surface area contributed by atoms with Gasteiger partial charge in [0.2, 0.25) is 17.7 Å². The average molecular weight is 448 g/mol. The molecule has 2 fully saturated rings. The molecule has 1 amide bonds. The van der Waals surface area contributed by atoms with Gasteiger partial charge in [0, 0.05) is 38.2 Å².